The van der Waals surface area contributed by atoms with Gasteiger partial charge in [-0.2, -0.15) is 0 Å². The minimum absolute atomic E-state index is 0.245. The number of anilines is 5. The SMILES string of the molecule is C=C(O)/C(O)=C(O)\C(O)=C(/CO)N(c1ccc2c(c1)C(C)(C)c1ccccc1-2)c1ccc2ccc3c(N(c4ccc5c(c4)C(C)(C)c4ccccc4-5)c4c(O)c(O)c(O)c(O)c4O)ccc4ccc1c2c43.C=CC=C. The first-order valence-electron chi connectivity index (χ1n) is 24.1. The summed E-state index contributed by atoms with van der Waals surface area (Å²) in [7, 11) is 0. The van der Waals surface area contributed by atoms with E-state index in [-0.39, 0.29) is 5.70 Å². The minimum Gasteiger partial charge on any atom is -0.505 e. The van der Waals surface area contributed by atoms with Crippen LogP contribution in [-0.4, -0.2) is 57.7 Å². The molecule has 0 atom stereocenters. The van der Waals surface area contributed by atoms with Gasteiger partial charge in [0.25, 0.3) is 0 Å². The molecule has 0 saturated carbocycles. The standard InChI is InChI=1S/C59H48N2O10.C4H6/c1-29(63)50(64)54(68)51(65)46(28-62)60(32-18-22-36-34-10-6-8-12-40(34)58(2,3)42(36)26-32)44-24-16-30-15-21-39-45(25-17-31-14-20-38(44)47(30)48(31)39)61(49-52(66)55(69)57(71)56(70)53(49)67)33-19-23-37-35-11-7-9-13-41(35)59(4,5)43(37)27-33;1-3-4-2/h6-27,62-71H,1,28H2,2-5H3;3-4H,1-2H2/b51-46-,54-50-;. The molecule has 0 bridgehead atoms. The molecular weight excluding hydrogens is 945 g/mol. The molecule has 0 unspecified atom stereocenters. The van der Waals surface area contributed by atoms with E-state index in [2.05, 4.69) is 71.7 Å². The van der Waals surface area contributed by atoms with E-state index >= 15 is 0 Å². The Morgan fingerprint density at radius 2 is 0.907 bits per heavy atom. The lowest BCUT2D eigenvalue weighted by molar-refractivity contribution is 0.253. The maximum absolute atomic E-state index is 11.8. The topological polar surface area (TPSA) is 209 Å². The molecule has 9 aromatic carbocycles. The maximum atomic E-state index is 11.8. The van der Waals surface area contributed by atoms with Crippen molar-refractivity contribution in [3.63, 3.8) is 0 Å². The Balaban J connectivity index is 0.00000155. The largest absolute Gasteiger partial charge is 0.505 e. The third-order valence-corrected chi connectivity index (χ3v) is 14.9. The van der Waals surface area contributed by atoms with Gasteiger partial charge in [-0.3, -0.25) is 0 Å². The fourth-order valence-electron chi connectivity index (χ4n) is 11.2. The Hall–Kier alpha value is -9.52. The summed E-state index contributed by atoms with van der Waals surface area (Å²) >= 11 is 0. The highest BCUT2D eigenvalue weighted by atomic mass is 16.4. The molecule has 75 heavy (non-hydrogen) atoms. The number of hydrogen-bond donors (Lipinski definition) is 10. The maximum Gasteiger partial charge on any atom is 0.208 e. The number of hydrogen-bond acceptors (Lipinski definition) is 12. The van der Waals surface area contributed by atoms with E-state index in [9.17, 15) is 51.1 Å². The van der Waals surface area contributed by atoms with Crippen LogP contribution in [0.1, 0.15) is 49.9 Å². The molecule has 12 nitrogen and oxygen atoms in total. The molecule has 2 aliphatic rings. The molecule has 0 radical (unpaired) electrons. The first-order chi connectivity index (χ1) is 35.8. The average molecular weight is 999 g/mol. The van der Waals surface area contributed by atoms with E-state index in [4.69, 9.17) is 0 Å². The fourth-order valence-corrected chi connectivity index (χ4v) is 11.2. The summed E-state index contributed by atoms with van der Waals surface area (Å²) < 4.78 is 0. The number of aliphatic hydroxyl groups is 5. The molecule has 0 fully saturated rings. The Kier molecular flexibility index (Phi) is 11.7. The zero-order valence-corrected chi connectivity index (χ0v) is 41.6. The van der Waals surface area contributed by atoms with Crippen LogP contribution < -0.4 is 9.80 Å². The monoisotopic (exact) mass is 998 g/mol. The van der Waals surface area contributed by atoms with Crippen molar-refractivity contribution < 1.29 is 51.1 Å². The molecule has 2 aliphatic carbocycles. The normalized spacial score (nSPS) is 14.2. The Bertz CT molecular complexity index is 3920. The number of allylic oxidation sites excluding steroid dienone is 2. The van der Waals surface area contributed by atoms with Crippen molar-refractivity contribution in [2.45, 2.75) is 38.5 Å². The highest BCUT2D eigenvalue weighted by Crippen LogP contribution is 2.60. The highest BCUT2D eigenvalue weighted by molar-refractivity contribution is 6.28. The quantitative estimate of drug-likeness (QED) is 0.0204. The molecule has 10 N–H and O–H groups in total. The van der Waals surface area contributed by atoms with Crippen LogP contribution in [0.3, 0.4) is 0 Å². The van der Waals surface area contributed by atoms with Crippen LogP contribution in [0.4, 0.5) is 28.4 Å². The smallest absolute Gasteiger partial charge is 0.208 e. The van der Waals surface area contributed by atoms with Crippen LogP contribution in [0.25, 0.3) is 54.6 Å². The first-order valence-corrected chi connectivity index (χ1v) is 24.1. The third-order valence-electron chi connectivity index (χ3n) is 14.9. The van der Waals surface area contributed by atoms with Crippen LogP contribution in [0.2, 0.25) is 0 Å². The second kappa shape index (κ2) is 17.9. The van der Waals surface area contributed by atoms with Gasteiger partial charge in [-0.15, -0.1) is 0 Å². The summed E-state index contributed by atoms with van der Waals surface area (Å²) in [6, 6.07) is 42.7. The summed E-state index contributed by atoms with van der Waals surface area (Å²) in [5, 5.41) is 115. The molecule has 12 heteroatoms. The number of aliphatic hydroxyl groups excluding tert-OH is 5. The lowest BCUT2D eigenvalue weighted by Gasteiger charge is -2.32. The number of nitrogens with zero attached hydrogens (tertiary/aromatic N) is 2. The molecule has 0 aromatic heterocycles. The molecule has 11 rings (SSSR count). The number of fused-ring (bicyclic) bond motifs is 6. The summed E-state index contributed by atoms with van der Waals surface area (Å²) in [4.78, 5) is 3.13. The molecular formula is C63H54N2O10. The molecule has 0 saturated heterocycles. The summed E-state index contributed by atoms with van der Waals surface area (Å²) in [6.07, 6.45) is 3.28. The van der Waals surface area contributed by atoms with Gasteiger partial charge >= 0.3 is 0 Å². The molecule has 9 aromatic rings. The van der Waals surface area contributed by atoms with Gasteiger partial charge in [-0.25, -0.2) is 0 Å². The highest BCUT2D eigenvalue weighted by Gasteiger charge is 2.39. The Morgan fingerprint density at radius 3 is 1.40 bits per heavy atom. The van der Waals surface area contributed by atoms with Crippen LogP contribution in [0.15, 0.2) is 194 Å². The predicted octanol–water partition coefficient (Wildman–Crippen LogP) is 14.9. The molecule has 0 aliphatic heterocycles. The van der Waals surface area contributed by atoms with E-state index < -0.39 is 74.9 Å². The number of benzene rings is 9. The lowest BCUT2D eigenvalue weighted by atomic mass is 9.82. The van der Waals surface area contributed by atoms with E-state index in [1.54, 1.807) is 23.1 Å². The average Bonchev–Trinajstić information content (AvgIpc) is 3.81. The third kappa shape index (κ3) is 7.32. The molecule has 0 spiro atoms. The first kappa shape index (κ1) is 49.1. The van der Waals surface area contributed by atoms with Crippen molar-refractivity contribution in [2.75, 3.05) is 16.4 Å². The number of aromatic hydroxyl groups is 5. The van der Waals surface area contributed by atoms with Gasteiger partial charge in [0.15, 0.2) is 23.0 Å². The molecule has 0 amide bonds. The van der Waals surface area contributed by atoms with E-state index in [0.29, 0.717) is 38.9 Å². The Labute approximate surface area is 432 Å². The van der Waals surface area contributed by atoms with Crippen molar-refractivity contribution >= 4 is 60.8 Å². The van der Waals surface area contributed by atoms with Gasteiger partial charge in [-0.1, -0.05) is 157 Å². The molecule has 0 heterocycles. The van der Waals surface area contributed by atoms with E-state index in [0.717, 1.165) is 60.7 Å². The van der Waals surface area contributed by atoms with Gasteiger partial charge in [-0.05, 0) is 102 Å². The second-order valence-electron chi connectivity index (χ2n) is 19.7. The van der Waals surface area contributed by atoms with Crippen molar-refractivity contribution in [3.05, 3.63) is 216 Å². The van der Waals surface area contributed by atoms with Crippen LogP contribution in [-0.2, 0) is 10.8 Å². The van der Waals surface area contributed by atoms with Gasteiger partial charge in [0.05, 0.1) is 23.7 Å². The van der Waals surface area contributed by atoms with Crippen LogP contribution >= 0.6 is 0 Å². The fraction of sp³-hybridized carbons (Fsp3) is 0.111. The Morgan fingerprint density at radius 1 is 0.480 bits per heavy atom. The lowest BCUT2D eigenvalue weighted by Crippen LogP contribution is -2.23. The van der Waals surface area contributed by atoms with Gasteiger partial charge < -0.3 is 60.9 Å². The van der Waals surface area contributed by atoms with Gasteiger partial charge in [0.2, 0.25) is 28.8 Å². The van der Waals surface area contributed by atoms with E-state index in [1.807, 2.05) is 103 Å². The summed E-state index contributed by atoms with van der Waals surface area (Å²) in [5.74, 6) is -8.98. The number of phenolic OH excluding ortho intramolecular Hbond substituents is 5. The number of rotatable bonds is 10. The van der Waals surface area contributed by atoms with Crippen LogP contribution in [0.5, 0.6) is 28.7 Å². The van der Waals surface area contributed by atoms with Gasteiger partial charge in [0, 0.05) is 33.0 Å². The van der Waals surface area contributed by atoms with Crippen molar-refractivity contribution in [1.29, 1.82) is 0 Å². The molecule has 376 valence electrons. The zero-order valence-electron chi connectivity index (χ0n) is 41.6. The van der Waals surface area contributed by atoms with Crippen molar-refractivity contribution in [3.8, 4) is 51.0 Å². The second-order valence-corrected chi connectivity index (χ2v) is 19.7. The zero-order chi connectivity index (χ0) is 53.6. The summed E-state index contributed by atoms with van der Waals surface area (Å²) in [5.41, 5.74) is 8.44. The predicted molar refractivity (Wildman–Crippen MR) is 298 cm³/mol. The van der Waals surface area contributed by atoms with Gasteiger partial charge in [0.1, 0.15) is 5.69 Å². The van der Waals surface area contributed by atoms with E-state index in [1.165, 1.54) is 4.90 Å². The van der Waals surface area contributed by atoms with Crippen molar-refractivity contribution in [2.24, 2.45) is 0 Å². The van der Waals surface area contributed by atoms with Crippen molar-refractivity contribution in [1.82, 2.24) is 0 Å². The minimum atomic E-state index is -1.11. The van der Waals surface area contributed by atoms with Crippen LogP contribution in [0, 0.1) is 0 Å². The summed E-state index contributed by atoms with van der Waals surface area (Å²) in [6.45, 7) is 17.6. The number of phenols is 5.